The number of nitrogens with one attached hydrogen (secondary N) is 1. The largest absolute Gasteiger partial charge is 0.463 e. The van der Waals surface area contributed by atoms with Gasteiger partial charge in [0.25, 0.3) is 0 Å². The van der Waals surface area contributed by atoms with Crippen LogP contribution in [-0.4, -0.2) is 42.9 Å². The molecular formula is C20H31ClNO6P. The third-order valence-corrected chi connectivity index (χ3v) is 5.65. The molecule has 2 atom stereocenters. The zero-order chi connectivity index (χ0) is 22.0. The fourth-order valence-electron chi connectivity index (χ4n) is 2.38. The molecule has 0 amide bonds. The first-order valence-electron chi connectivity index (χ1n) is 9.69. The van der Waals surface area contributed by atoms with Gasteiger partial charge in [-0.05, 0) is 63.9 Å². The van der Waals surface area contributed by atoms with Crippen LogP contribution < -0.4 is 9.84 Å². The lowest BCUT2D eigenvalue weighted by molar-refractivity contribution is -0.149. The maximum atomic E-state index is 12.6. The molecule has 0 saturated carbocycles. The number of aryl methyl sites for hydroxylation is 1. The van der Waals surface area contributed by atoms with E-state index in [1.165, 1.54) is 0 Å². The molecule has 29 heavy (non-hydrogen) atoms. The van der Waals surface area contributed by atoms with Gasteiger partial charge in [-0.2, -0.15) is 0 Å². The number of ether oxygens (including phenoxy) is 2. The molecule has 0 aliphatic carbocycles. The quantitative estimate of drug-likeness (QED) is 0.377. The molecule has 0 aromatic heterocycles. The van der Waals surface area contributed by atoms with E-state index in [2.05, 4.69) is 5.32 Å². The molecule has 0 bridgehead atoms. The van der Waals surface area contributed by atoms with Crippen molar-refractivity contribution in [3.8, 4) is 5.75 Å². The molecule has 1 aromatic rings. The molecule has 164 valence electrons. The van der Waals surface area contributed by atoms with E-state index >= 15 is 0 Å². The van der Waals surface area contributed by atoms with Crippen LogP contribution >= 0.6 is 18.0 Å². The van der Waals surface area contributed by atoms with Crippen molar-refractivity contribution < 1.29 is 28.2 Å². The van der Waals surface area contributed by atoms with Crippen molar-refractivity contribution in [1.29, 1.82) is 0 Å². The Kier molecular flexibility index (Phi) is 10.7. The van der Waals surface area contributed by atoms with Crippen LogP contribution in [0.5, 0.6) is 5.75 Å². The summed E-state index contributed by atoms with van der Waals surface area (Å²) < 4.78 is 28.4. The first-order valence-corrected chi connectivity index (χ1v) is 12.4. The monoisotopic (exact) mass is 447 g/mol. The number of para-hydroxylation sites is 1. The van der Waals surface area contributed by atoms with Gasteiger partial charge in [-0.1, -0.05) is 18.2 Å². The third-order valence-electron chi connectivity index (χ3n) is 3.71. The molecule has 0 fully saturated rings. The number of rotatable bonds is 12. The summed E-state index contributed by atoms with van der Waals surface area (Å²) in [7, 11) is 0. The summed E-state index contributed by atoms with van der Waals surface area (Å²) in [5, 5.41) is 2.93. The van der Waals surface area contributed by atoms with Gasteiger partial charge in [0.2, 0.25) is 0 Å². The molecule has 0 heterocycles. The number of carbonyl (C=O) groups is 2. The minimum Gasteiger partial charge on any atom is -0.463 e. The topological polar surface area (TPSA) is 90.9 Å². The molecule has 0 radical (unpaired) electrons. The van der Waals surface area contributed by atoms with Gasteiger partial charge in [-0.15, -0.1) is 0 Å². The minimum atomic E-state index is -3.48. The van der Waals surface area contributed by atoms with Crippen molar-refractivity contribution >= 4 is 29.9 Å². The second-order valence-electron chi connectivity index (χ2n) is 7.21. The van der Waals surface area contributed by atoms with Crippen LogP contribution in [0.2, 0.25) is 0 Å². The summed E-state index contributed by atoms with van der Waals surface area (Å²) in [4.78, 5) is 23.5. The van der Waals surface area contributed by atoms with Crippen LogP contribution in [-0.2, 0) is 30.0 Å². The number of hydrogen-bond acceptors (Lipinski definition) is 7. The Morgan fingerprint density at radius 1 is 1.07 bits per heavy atom. The lowest BCUT2D eigenvalue weighted by Gasteiger charge is -2.18. The van der Waals surface area contributed by atoms with Gasteiger partial charge in [-0.25, -0.2) is 0 Å². The van der Waals surface area contributed by atoms with Crippen molar-refractivity contribution in [2.75, 3.05) is 12.7 Å². The summed E-state index contributed by atoms with van der Waals surface area (Å²) in [6.45, 7) is 5.51. The highest BCUT2D eigenvalue weighted by molar-refractivity contribution is 7.85. The zero-order valence-corrected chi connectivity index (χ0v) is 19.3. The summed E-state index contributed by atoms with van der Waals surface area (Å²) >= 11 is 6.11. The second-order valence-corrected chi connectivity index (χ2v) is 10.6. The molecule has 1 rings (SSSR count). The fraction of sp³-hybridized carbons (Fsp3) is 0.600. The SMILES string of the molecule is CC(C)OC(=O)CCc1ccccc1OP(=O)(Cl)CCN[C@@H](C)C(=O)OC(C)C. The predicted octanol–water partition coefficient (Wildman–Crippen LogP) is 4.31. The Morgan fingerprint density at radius 3 is 2.31 bits per heavy atom. The van der Waals surface area contributed by atoms with Crippen LogP contribution in [0.15, 0.2) is 24.3 Å². The zero-order valence-electron chi connectivity index (χ0n) is 17.6. The van der Waals surface area contributed by atoms with Crippen LogP contribution in [0.1, 0.15) is 46.6 Å². The average Bonchev–Trinajstić information content (AvgIpc) is 2.59. The fourth-order valence-corrected chi connectivity index (χ4v) is 3.82. The molecule has 1 unspecified atom stereocenters. The predicted molar refractivity (Wildman–Crippen MR) is 114 cm³/mol. The summed E-state index contributed by atoms with van der Waals surface area (Å²) in [6.07, 6.45) is 0.211. The van der Waals surface area contributed by atoms with Gasteiger partial charge in [0.1, 0.15) is 11.8 Å². The summed E-state index contributed by atoms with van der Waals surface area (Å²) in [6, 6.07) is 6.45. The van der Waals surface area contributed by atoms with Crippen molar-refractivity contribution in [2.45, 2.75) is 65.7 Å². The smallest absolute Gasteiger partial charge is 0.337 e. The van der Waals surface area contributed by atoms with Crippen molar-refractivity contribution in [3.63, 3.8) is 0 Å². The molecule has 0 spiro atoms. The Hall–Kier alpha value is -1.56. The molecule has 0 aliphatic rings. The van der Waals surface area contributed by atoms with Crippen molar-refractivity contribution in [3.05, 3.63) is 29.8 Å². The molecule has 1 N–H and O–H groups in total. The first kappa shape index (κ1) is 25.5. The van der Waals surface area contributed by atoms with Gasteiger partial charge in [0.05, 0.1) is 18.4 Å². The molecule has 0 saturated heterocycles. The van der Waals surface area contributed by atoms with Gasteiger partial charge >= 0.3 is 18.7 Å². The van der Waals surface area contributed by atoms with Crippen LogP contribution in [0.4, 0.5) is 0 Å². The van der Waals surface area contributed by atoms with E-state index in [1.807, 2.05) is 0 Å². The molecule has 7 nitrogen and oxygen atoms in total. The highest BCUT2D eigenvalue weighted by Crippen LogP contribution is 2.52. The Morgan fingerprint density at radius 2 is 1.69 bits per heavy atom. The normalized spacial score (nSPS) is 14.3. The highest BCUT2D eigenvalue weighted by atomic mass is 35.7. The average molecular weight is 448 g/mol. The lowest BCUT2D eigenvalue weighted by atomic mass is 10.1. The number of hydrogen-bond donors (Lipinski definition) is 1. The summed E-state index contributed by atoms with van der Waals surface area (Å²) in [5.74, 6) is -0.324. The van der Waals surface area contributed by atoms with Crippen LogP contribution in [0.3, 0.4) is 0 Å². The number of carbonyl (C=O) groups excluding carboxylic acids is 2. The highest BCUT2D eigenvalue weighted by Gasteiger charge is 2.24. The van der Waals surface area contributed by atoms with E-state index in [0.717, 1.165) is 5.56 Å². The Balaban J connectivity index is 2.59. The Labute approximate surface area is 177 Å². The number of halogens is 1. The third kappa shape index (κ3) is 10.7. The standard InChI is InChI=1S/C20H31ClNO6P/c1-14(2)26-19(23)11-10-17-8-6-7-9-18(17)28-29(21,25)13-12-22-16(5)20(24)27-15(3)4/h6-9,14-16,22H,10-13H2,1-5H3/t16-,29?/m0/s1. The summed E-state index contributed by atoms with van der Waals surface area (Å²) in [5.41, 5.74) is 0.718. The second kappa shape index (κ2) is 12.2. The van der Waals surface area contributed by atoms with Crippen molar-refractivity contribution in [1.82, 2.24) is 5.32 Å². The maximum absolute atomic E-state index is 12.6. The number of esters is 2. The van der Waals surface area contributed by atoms with Crippen LogP contribution in [0, 0.1) is 0 Å². The van der Waals surface area contributed by atoms with E-state index < -0.39 is 12.8 Å². The molecular weight excluding hydrogens is 417 g/mol. The first-order chi connectivity index (χ1) is 13.5. The van der Waals surface area contributed by atoms with Gasteiger partial charge < -0.3 is 19.3 Å². The molecule has 9 heteroatoms. The minimum absolute atomic E-state index is 0.0254. The van der Waals surface area contributed by atoms with Gasteiger partial charge in [0.15, 0.2) is 0 Å². The van der Waals surface area contributed by atoms with Gasteiger partial charge in [-0.3, -0.25) is 14.2 Å². The van der Waals surface area contributed by atoms with Crippen LogP contribution in [0.25, 0.3) is 0 Å². The van der Waals surface area contributed by atoms with E-state index in [-0.39, 0.29) is 43.3 Å². The lowest BCUT2D eigenvalue weighted by Crippen LogP contribution is -2.38. The number of benzene rings is 1. The van der Waals surface area contributed by atoms with E-state index in [1.54, 1.807) is 58.9 Å². The molecule has 1 aromatic carbocycles. The van der Waals surface area contributed by atoms with Crippen molar-refractivity contribution in [2.24, 2.45) is 0 Å². The molecule has 0 aliphatic heterocycles. The maximum Gasteiger partial charge on any atom is 0.337 e. The van der Waals surface area contributed by atoms with Gasteiger partial charge in [0, 0.05) is 13.0 Å². The van der Waals surface area contributed by atoms with E-state index in [9.17, 15) is 14.2 Å². The Bertz CT molecular complexity index is 725. The van der Waals surface area contributed by atoms with E-state index in [4.69, 9.17) is 25.2 Å². The van der Waals surface area contributed by atoms with E-state index in [0.29, 0.717) is 12.2 Å².